The first kappa shape index (κ1) is 19.6. The third-order valence-electron chi connectivity index (χ3n) is 5.34. The van der Waals surface area contributed by atoms with Crippen LogP contribution >= 0.6 is 0 Å². The zero-order valence-electron chi connectivity index (χ0n) is 17.0. The maximum atomic E-state index is 14.8. The van der Waals surface area contributed by atoms with Gasteiger partial charge in [-0.2, -0.15) is 9.61 Å². The quantitative estimate of drug-likeness (QED) is 0.429. The Bertz CT molecular complexity index is 1490. The van der Waals surface area contributed by atoms with Gasteiger partial charge in [-0.05, 0) is 23.8 Å². The van der Waals surface area contributed by atoms with Crippen LogP contribution in [0.15, 0.2) is 83.7 Å². The monoisotopic (exact) mass is 427 g/mol. The van der Waals surface area contributed by atoms with Gasteiger partial charge in [-0.25, -0.2) is 4.39 Å². The number of fused-ring (bicyclic) bond motifs is 1. The normalized spacial score (nSPS) is 11.1. The number of rotatable bonds is 4. The van der Waals surface area contributed by atoms with Crippen LogP contribution < -0.4 is 10.3 Å². The van der Waals surface area contributed by atoms with Gasteiger partial charge in [-0.15, -0.1) is 0 Å². The van der Waals surface area contributed by atoms with E-state index in [1.807, 2.05) is 30.3 Å². The number of aromatic hydroxyl groups is 1. The molecule has 0 amide bonds. The molecule has 0 spiro atoms. The van der Waals surface area contributed by atoms with E-state index in [1.54, 1.807) is 49.6 Å². The van der Waals surface area contributed by atoms with E-state index in [0.29, 0.717) is 22.6 Å². The number of hydrogen-bond donors (Lipinski definition) is 2. The molecule has 0 fully saturated rings. The van der Waals surface area contributed by atoms with Crippen LogP contribution in [0.4, 0.5) is 4.39 Å². The summed E-state index contributed by atoms with van der Waals surface area (Å²) in [6.45, 7) is 0. The van der Waals surface area contributed by atoms with Gasteiger partial charge < -0.3 is 14.8 Å². The van der Waals surface area contributed by atoms with Crippen LogP contribution in [0.1, 0.15) is 0 Å². The predicted molar refractivity (Wildman–Crippen MR) is 120 cm³/mol. The number of H-pyrrole nitrogens is 1. The predicted octanol–water partition coefficient (Wildman–Crippen LogP) is 4.88. The van der Waals surface area contributed by atoms with Crippen LogP contribution in [0.25, 0.3) is 39.2 Å². The van der Waals surface area contributed by atoms with Crippen molar-refractivity contribution in [2.75, 3.05) is 7.11 Å². The Hall–Kier alpha value is -4.39. The van der Waals surface area contributed by atoms with Gasteiger partial charge in [0.1, 0.15) is 28.5 Å². The third-order valence-corrected chi connectivity index (χ3v) is 5.34. The Morgan fingerprint density at radius 3 is 2.28 bits per heavy atom. The summed E-state index contributed by atoms with van der Waals surface area (Å²) in [5.41, 5.74) is 2.06. The summed E-state index contributed by atoms with van der Waals surface area (Å²) in [5.74, 6) is -0.175. The molecule has 2 aromatic heterocycles. The summed E-state index contributed by atoms with van der Waals surface area (Å²) in [5, 5.41) is 15.6. The molecule has 0 bridgehead atoms. The molecule has 0 saturated heterocycles. The fourth-order valence-electron chi connectivity index (χ4n) is 3.80. The fourth-order valence-corrected chi connectivity index (χ4v) is 3.80. The maximum absolute atomic E-state index is 14.8. The van der Waals surface area contributed by atoms with Crippen molar-refractivity contribution < 1.29 is 14.2 Å². The molecule has 0 unspecified atom stereocenters. The summed E-state index contributed by atoms with van der Waals surface area (Å²) in [6, 6.07) is 22.2. The van der Waals surface area contributed by atoms with Gasteiger partial charge in [0.2, 0.25) is 5.88 Å². The lowest BCUT2D eigenvalue weighted by Crippen LogP contribution is -2.12. The molecule has 3 aromatic carbocycles. The molecule has 5 aromatic rings. The standard InChI is InChI=1S/C25H18FN3O3/c1-32-17-13-11-15(12-14-17)20-24(30)27-23-21(18-9-5-6-10-19(18)26)22(28-29(23)25(20)31)16-7-3-2-4-8-16/h2-14,31H,1H3,(H,27,30). The van der Waals surface area contributed by atoms with E-state index in [2.05, 4.69) is 10.1 Å². The second-order valence-electron chi connectivity index (χ2n) is 7.21. The second kappa shape index (κ2) is 7.70. The Kier molecular flexibility index (Phi) is 4.71. The summed E-state index contributed by atoms with van der Waals surface area (Å²) in [4.78, 5) is 15.8. The van der Waals surface area contributed by atoms with Gasteiger partial charge in [-0.3, -0.25) is 4.79 Å². The van der Waals surface area contributed by atoms with Crippen molar-refractivity contribution in [2.45, 2.75) is 0 Å². The number of aromatic nitrogens is 3. The number of nitrogens with one attached hydrogen (secondary N) is 1. The minimum atomic E-state index is -0.516. The minimum Gasteiger partial charge on any atom is -0.497 e. The maximum Gasteiger partial charge on any atom is 0.262 e. The van der Waals surface area contributed by atoms with E-state index in [1.165, 1.54) is 10.6 Å². The van der Waals surface area contributed by atoms with E-state index in [4.69, 9.17) is 4.74 Å². The van der Waals surface area contributed by atoms with Gasteiger partial charge in [0.05, 0.1) is 12.7 Å². The van der Waals surface area contributed by atoms with Crippen molar-refractivity contribution >= 4 is 5.65 Å². The Labute approximate surface area is 182 Å². The molecule has 0 radical (unpaired) electrons. The zero-order valence-corrected chi connectivity index (χ0v) is 17.0. The highest BCUT2D eigenvalue weighted by Crippen LogP contribution is 2.38. The average molecular weight is 427 g/mol. The van der Waals surface area contributed by atoms with Crippen molar-refractivity contribution in [3.63, 3.8) is 0 Å². The number of aromatic amines is 1. The van der Waals surface area contributed by atoms with Gasteiger partial charge in [0.25, 0.3) is 5.56 Å². The lowest BCUT2D eigenvalue weighted by molar-refractivity contribution is 0.415. The molecular weight excluding hydrogens is 409 g/mol. The van der Waals surface area contributed by atoms with Crippen molar-refractivity contribution in [2.24, 2.45) is 0 Å². The van der Waals surface area contributed by atoms with Crippen molar-refractivity contribution in [1.82, 2.24) is 14.6 Å². The number of benzene rings is 3. The van der Waals surface area contributed by atoms with Crippen LogP contribution in [0.2, 0.25) is 0 Å². The Morgan fingerprint density at radius 2 is 1.59 bits per heavy atom. The summed E-state index contributed by atoms with van der Waals surface area (Å²) >= 11 is 0. The van der Waals surface area contributed by atoms with Crippen molar-refractivity contribution in [3.8, 4) is 45.1 Å². The zero-order chi connectivity index (χ0) is 22.2. The second-order valence-corrected chi connectivity index (χ2v) is 7.21. The number of ether oxygens (including phenoxy) is 1. The molecule has 0 aliphatic heterocycles. The van der Waals surface area contributed by atoms with Crippen molar-refractivity contribution in [3.05, 3.63) is 95.0 Å². The minimum absolute atomic E-state index is 0.0577. The number of methoxy groups -OCH3 is 1. The van der Waals surface area contributed by atoms with Gasteiger partial charge in [0, 0.05) is 11.1 Å². The molecule has 7 heteroatoms. The number of hydrogen-bond acceptors (Lipinski definition) is 4. The molecule has 0 saturated carbocycles. The summed E-state index contributed by atoms with van der Waals surface area (Å²) < 4.78 is 21.2. The highest BCUT2D eigenvalue weighted by molar-refractivity contribution is 5.91. The highest BCUT2D eigenvalue weighted by atomic mass is 19.1. The van der Waals surface area contributed by atoms with Crippen molar-refractivity contribution in [1.29, 1.82) is 0 Å². The lowest BCUT2D eigenvalue weighted by Gasteiger charge is -2.08. The first-order valence-corrected chi connectivity index (χ1v) is 9.91. The van der Waals surface area contributed by atoms with Crippen LogP contribution in [0.3, 0.4) is 0 Å². The molecule has 158 valence electrons. The summed E-state index contributed by atoms with van der Waals surface area (Å²) in [6.07, 6.45) is 0. The van der Waals surface area contributed by atoms with E-state index < -0.39 is 11.4 Å². The highest BCUT2D eigenvalue weighted by Gasteiger charge is 2.24. The fraction of sp³-hybridized carbons (Fsp3) is 0.0400. The molecule has 2 heterocycles. The Morgan fingerprint density at radius 1 is 0.906 bits per heavy atom. The third kappa shape index (κ3) is 3.11. The van der Waals surface area contributed by atoms with Gasteiger partial charge in [-0.1, -0.05) is 60.7 Å². The van der Waals surface area contributed by atoms with Crippen LogP contribution in [-0.4, -0.2) is 26.8 Å². The first-order chi connectivity index (χ1) is 15.6. The average Bonchev–Trinajstić information content (AvgIpc) is 3.20. The lowest BCUT2D eigenvalue weighted by atomic mass is 10.0. The van der Waals surface area contributed by atoms with Gasteiger partial charge >= 0.3 is 0 Å². The smallest absolute Gasteiger partial charge is 0.262 e. The molecule has 2 N–H and O–H groups in total. The molecule has 0 aliphatic rings. The first-order valence-electron chi connectivity index (χ1n) is 9.91. The topological polar surface area (TPSA) is 79.6 Å². The van der Waals surface area contributed by atoms with Gasteiger partial charge in [0.15, 0.2) is 0 Å². The van der Waals surface area contributed by atoms with Crippen LogP contribution in [0, 0.1) is 5.82 Å². The molecule has 32 heavy (non-hydrogen) atoms. The summed E-state index contributed by atoms with van der Waals surface area (Å²) in [7, 11) is 1.55. The largest absolute Gasteiger partial charge is 0.497 e. The Balaban J connectivity index is 1.84. The van der Waals surface area contributed by atoms with E-state index in [0.717, 1.165) is 5.56 Å². The van der Waals surface area contributed by atoms with E-state index in [-0.39, 0.29) is 22.7 Å². The molecule has 0 atom stereocenters. The van der Waals surface area contributed by atoms with E-state index >= 15 is 0 Å². The SMILES string of the molecule is COc1ccc(-c2c(O)n3nc(-c4ccccc4)c(-c4ccccc4F)c3[nH]c2=O)cc1. The van der Waals surface area contributed by atoms with Crippen LogP contribution in [0.5, 0.6) is 11.6 Å². The van der Waals surface area contributed by atoms with E-state index in [9.17, 15) is 14.3 Å². The molecule has 5 rings (SSSR count). The number of halogens is 1. The molecule has 6 nitrogen and oxygen atoms in total. The number of nitrogens with zero attached hydrogens (tertiary/aromatic N) is 2. The molecular formula is C25H18FN3O3. The van der Waals surface area contributed by atoms with Crippen LogP contribution in [-0.2, 0) is 0 Å². The molecule has 0 aliphatic carbocycles.